The van der Waals surface area contributed by atoms with E-state index in [0.717, 1.165) is 19.3 Å². The van der Waals surface area contributed by atoms with Gasteiger partial charge in [0.2, 0.25) is 0 Å². The maximum Gasteiger partial charge on any atom is 0.348 e. The molecule has 22 heavy (non-hydrogen) atoms. The van der Waals surface area contributed by atoms with Gasteiger partial charge in [-0.05, 0) is 43.7 Å². The van der Waals surface area contributed by atoms with Crippen LogP contribution in [0.25, 0.3) is 0 Å². The number of aliphatic hydroxyl groups excluding tert-OH is 1. The molecule has 0 amide bonds. The third-order valence-electron chi connectivity index (χ3n) is 4.07. The van der Waals surface area contributed by atoms with Gasteiger partial charge in [-0.15, -0.1) is 28.9 Å². The minimum absolute atomic E-state index is 0.0141. The molecule has 0 aliphatic heterocycles. The second-order valence-corrected chi connectivity index (χ2v) is 7.46. The molecule has 4 atom stereocenters. The van der Waals surface area contributed by atoms with Gasteiger partial charge in [0, 0.05) is 16.2 Å². The van der Waals surface area contributed by atoms with Crippen LogP contribution in [0.5, 0.6) is 0 Å². The Bertz CT molecular complexity index is 577. The van der Waals surface area contributed by atoms with Crippen LogP contribution in [0.1, 0.15) is 33.8 Å². The van der Waals surface area contributed by atoms with Gasteiger partial charge in [-0.25, -0.2) is 9.58 Å². The largest absolute Gasteiger partial charge is 0.465 e. The predicted molar refractivity (Wildman–Crippen MR) is 89.4 cm³/mol. The number of aryl methyl sites for hydroxylation is 1. The second-order valence-electron chi connectivity index (χ2n) is 5.45. The van der Waals surface area contributed by atoms with E-state index in [1.807, 2.05) is 6.07 Å². The van der Waals surface area contributed by atoms with Crippen molar-refractivity contribution in [3.05, 3.63) is 21.9 Å². The molecule has 0 bridgehead atoms. The zero-order valence-corrected chi connectivity index (χ0v) is 15.1. The minimum Gasteiger partial charge on any atom is -0.465 e. The molecule has 2 radical (unpaired) electrons. The number of esters is 1. The van der Waals surface area contributed by atoms with Crippen molar-refractivity contribution in [2.24, 2.45) is 11.8 Å². The number of halogens is 1. The van der Waals surface area contributed by atoms with Gasteiger partial charge in [-0.1, -0.05) is 0 Å². The Morgan fingerprint density at radius 2 is 2.36 bits per heavy atom. The lowest BCUT2D eigenvalue weighted by atomic mass is 9.90. The summed E-state index contributed by atoms with van der Waals surface area (Å²) in [6.45, 7) is 0. The number of hydrogen-bond acceptors (Lipinski definition) is 4. The second kappa shape index (κ2) is 8.39. The van der Waals surface area contributed by atoms with Crippen molar-refractivity contribution in [3.63, 3.8) is 0 Å². The fourth-order valence-electron chi connectivity index (χ4n) is 2.96. The van der Waals surface area contributed by atoms with Gasteiger partial charge in [0.25, 0.3) is 16.3 Å². The van der Waals surface area contributed by atoms with Crippen LogP contribution >= 0.6 is 22.9 Å². The zero-order valence-electron chi connectivity index (χ0n) is 12.4. The SMILES string of the molecule is COC(=O)c1ccc(CCC[C@@H]2[C@@H](C#[C][Al])[C@H](O)C[C@H]2Cl)s1. The third-order valence-corrected chi connectivity index (χ3v) is 5.86. The number of carbonyl (C=O) groups excluding carboxylic acids is 1. The third kappa shape index (κ3) is 4.28. The van der Waals surface area contributed by atoms with Crippen LogP contribution in [0, 0.1) is 22.5 Å². The highest BCUT2D eigenvalue weighted by Crippen LogP contribution is 2.39. The molecule has 0 spiro atoms. The Morgan fingerprint density at radius 3 is 3.05 bits per heavy atom. The molecule has 116 valence electrons. The minimum atomic E-state index is -0.423. The first-order valence-electron chi connectivity index (χ1n) is 7.27. The number of hydrogen-bond donors (Lipinski definition) is 1. The Kier molecular flexibility index (Phi) is 6.81. The van der Waals surface area contributed by atoms with Crippen molar-refractivity contribution in [3.8, 4) is 10.7 Å². The van der Waals surface area contributed by atoms with Gasteiger partial charge in [-0.2, -0.15) is 0 Å². The lowest BCUT2D eigenvalue weighted by Gasteiger charge is -2.18. The summed E-state index contributed by atoms with van der Waals surface area (Å²) in [6.07, 6.45) is 2.99. The van der Waals surface area contributed by atoms with Gasteiger partial charge in [0.1, 0.15) is 4.88 Å². The zero-order chi connectivity index (χ0) is 16.1. The fraction of sp³-hybridized carbons (Fsp3) is 0.562. The molecule has 1 N–H and O–H groups in total. The standard InChI is InChI=1S/C16H18ClO3S.Al/c1-3-11-12(13(17)9-14(11)18)6-4-5-10-7-8-15(21-10)16(19)20-2;/h7-8,11-14,18H,4-6,9H2,2H3;/t11-,12-,13-,14-;/m1./s1. The van der Waals surface area contributed by atoms with Crippen LogP contribution in [0.3, 0.4) is 0 Å². The van der Waals surface area contributed by atoms with Gasteiger partial charge < -0.3 is 9.84 Å². The summed E-state index contributed by atoms with van der Waals surface area (Å²) in [5, 5.41) is 10.0. The number of methoxy groups -OCH3 is 1. The molecular weight excluding hydrogens is 335 g/mol. The van der Waals surface area contributed by atoms with E-state index in [4.69, 9.17) is 16.3 Å². The predicted octanol–water partition coefficient (Wildman–Crippen LogP) is 2.59. The molecular formula is C16H18AlClO3S. The van der Waals surface area contributed by atoms with Crippen molar-refractivity contribution < 1.29 is 14.6 Å². The molecule has 1 saturated carbocycles. The van der Waals surface area contributed by atoms with Crippen LogP contribution in [0.2, 0.25) is 0 Å². The summed E-state index contributed by atoms with van der Waals surface area (Å²) < 4.78 is 4.71. The summed E-state index contributed by atoms with van der Waals surface area (Å²) in [5.41, 5.74) is 0. The lowest BCUT2D eigenvalue weighted by molar-refractivity contribution is 0.0606. The Labute approximate surface area is 148 Å². The van der Waals surface area contributed by atoms with Crippen LogP contribution in [0.15, 0.2) is 12.1 Å². The summed E-state index contributed by atoms with van der Waals surface area (Å²) in [4.78, 5) is 16.0. The average Bonchev–Trinajstić information content (AvgIpc) is 3.06. The smallest absolute Gasteiger partial charge is 0.348 e. The van der Waals surface area contributed by atoms with E-state index in [-0.39, 0.29) is 23.2 Å². The molecule has 2 rings (SSSR count). The molecule has 6 heteroatoms. The number of rotatable bonds is 5. The van der Waals surface area contributed by atoms with Gasteiger partial charge in [0.15, 0.2) is 0 Å². The Morgan fingerprint density at radius 1 is 1.59 bits per heavy atom. The van der Waals surface area contributed by atoms with E-state index in [9.17, 15) is 9.90 Å². The van der Waals surface area contributed by atoms with E-state index >= 15 is 0 Å². The van der Waals surface area contributed by atoms with E-state index in [1.165, 1.54) is 23.3 Å². The maximum atomic E-state index is 11.4. The number of aliphatic hydroxyl groups is 1. The molecule has 1 aromatic rings. The normalized spacial score (nSPS) is 27.2. The summed E-state index contributed by atoms with van der Waals surface area (Å²) in [5.74, 6) is 2.98. The Hall–Kier alpha value is -0.488. The van der Waals surface area contributed by atoms with Crippen molar-refractivity contribution in [1.82, 2.24) is 0 Å². The topological polar surface area (TPSA) is 46.5 Å². The summed E-state index contributed by atoms with van der Waals surface area (Å²) in [6, 6.07) is 3.77. The van der Waals surface area contributed by atoms with Crippen LogP contribution in [0.4, 0.5) is 0 Å². The molecule has 1 fully saturated rings. The highest BCUT2D eigenvalue weighted by atomic mass is 35.5. The monoisotopic (exact) mass is 352 g/mol. The number of thiophene rings is 1. The molecule has 1 aliphatic rings. The average molecular weight is 353 g/mol. The van der Waals surface area contributed by atoms with Crippen molar-refractivity contribution in [2.75, 3.05) is 7.11 Å². The summed E-state index contributed by atoms with van der Waals surface area (Å²) >= 11 is 10.2. The molecule has 0 unspecified atom stereocenters. The lowest BCUT2D eigenvalue weighted by Crippen LogP contribution is -2.19. The van der Waals surface area contributed by atoms with Crippen LogP contribution in [-0.2, 0) is 11.2 Å². The van der Waals surface area contributed by atoms with Gasteiger partial charge in [-0.3, -0.25) is 0 Å². The number of alkyl halides is 1. The molecule has 1 heterocycles. The van der Waals surface area contributed by atoms with E-state index < -0.39 is 6.10 Å². The highest BCUT2D eigenvalue weighted by molar-refractivity contribution is 7.13. The molecule has 0 saturated heterocycles. The summed E-state index contributed by atoms with van der Waals surface area (Å²) in [7, 11) is 1.39. The molecule has 3 nitrogen and oxygen atoms in total. The van der Waals surface area contributed by atoms with E-state index in [0.29, 0.717) is 11.3 Å². The van der Waals surface area contributed by atoms with Gasteiger partial charge >= 0.3 is 5.97 Å². The van der Waals surface area contributed by atoms with E-state index in [1.54, 1.807) is 6.07 Å². The quantitative estimate of drug-likeness (QED) is 0.383. The maximum absolute atomic E-state index is 11.4. The first kappa shape index (κ1) is 17.9. The van der Waals surface area contributed by atoms with Gasteiger partial charge in [0.05, 0.1) is 13.2 Å². The first-order valence-corrected chi connectivity index (χ1v) is 9.10. The molecule has 1 aliphatic carbocycles. The first-order chi connectivity index (χ1) is 10.6. The van der Waals surface area contributed by atoms with Crippen LogP contribution < -0.4 is 0 Å². The molecule has 0 aromatic carbocycles. The van der Waals surface area contributed by atoms with Crippen LogP contribution in [-0.4, -0.2) is 46.0 Å². The van der Waals surface area contributed by atoms with E-state index in [2.05, 4.69) is 27.0 Å². The Balaban J connectivity index is 1.88. The highest BCUT2D eigenvalue weighted by Gasteiger charge is 2.39. The fourth-order valence-corrected chi connectivity index (χ4v) is 4.58. The van der Waals surface area contributed by atoms with Crippen molar-refractivity contribution >= 4 is 45.2 Å². The van der Waals surface area contributed by atoms with Crippen molar-refractivity contribution in [2.45, 2.75) is 37.2 Å². The number of ether oxygens (including phenoxy) is 1. The number of carbonyl (C=O) groups is 1. The molecule has 1 aromatic heterocycles. The van der Waals surface area contributed by atoms with Crippen molar-refractivity contribution in [1.29, 1.82) is 0 Å².